The molecule has 2 unspecified atom stereocenters. The molecule has 0 fully saturated rings. The lowest BCUT2D eigenvalue weighted by Gasteiger charge is -2.43. The summed E-state index contributed by atoms with van der Waals surface area (Å²) in [5, 5.41) is 15.7. The Balaban J connectivity index is 1.69. The molecule has 4 rings (SSSR count). The summed E-state index contributed by atoms with van der Waals surface area (Å²) in [5.74, 6) is 0.818. The standard InChI is InChI=1S/C22H23IN2O2/c1-22(2)21(26)20(24-13-12-14-6-4-3-5-7-14)19-15-8-11-18(23)25-16(15)9-10-17(19)27-22/h3-11,20-21,24,26H,12-13H2,1-2H3. The number of rotatable bonds is 4. The average molecular weight is 474 g/mol. The van der Waals surface area contributed by atoms with E-state index in [1.807, 2.05) is 38.1 Å². The minimum absolute atomic E-state index is 0.210. The van der Waals surface area contributed by atoms with E-state index in [1.54, 1.807) is 0 Å². The first-order chi connectivity index (χ1) is 13.0. The lowest BCUT2D eigenvalue weighted by atomic mass is 9.84. The minimum Gasteiger partial charge on any atom is -0.485 e. The third kappa shape index (κ3) is 3.68. The molecule has 0 bridgehead atoms. The van der Waals surface area contributed by atoms with Crippen molar-refractivity contribution in [2.45, 2.75) is 38.0 Å². The molecule has 1 aliphatic rings. The zero-order chi connectivity index (χ0) is 19.0. The van der Waals surface area contributed by atoms with Crippen molar-refractivity contribution >= 4 is 33.5 Å². The molecule has 2 atom stereocenters. The van der Waals surface area contributed by atoms with Crippen molar-refractivity contribution in [2.24, 2.45) is 0 Å². The number of halogens is 1. The smallest absolute Gasteiger partial charge is 0.131 e. The maximum Gasteiger partial charge on any atom is 0.131 e. The molecule has 0 saturated carbocycles. The van der Waals surface area contributed by atoms with Gasteiger partial charge < -0.3 is 15.2 Å². The summed E-state index contributed by atoms with van der Waals surface area (Å²) in [6, 6.07) is 18.2. The van der Waals surface area contributed by atoms with E-state index >= 15 is 0 Å². The van der Waals surface area contributed by atoms with Crippen LogP contribution in [0.4, 0.5) is 0 Å². The van der Waals surface area contributed by atoms with Crippen LogP contribution in [0.25, 0.3) is 10.9 Å². The quantitative estimate of drug-likeness (QED) is 0.439. The number of aliphatic hydroxyl groups excluding tert-OH is 1. The molecule has 0 saturated heterocycles. The number of hydrogen-bond donors (Lipinski definition) is 2. The van der Waals surface area contributed by atoms with Gasteiger partial charge in [-0.2, -0.15) is 0 Å². The largest absolute Gasteiger partial charge is 0.485 e. The van der Waals surface area contributed by atoms with Gasteiger partial charge in [0, 0.05) is 10.9 Å². The summed E-state index contributed by atoms with van der Waals surface area (Å²) in [6.07, 6.45) is 0.243. The highest BCUT2D eigenvalue weighted by Crippen LogP contribution is 2.43. The van der Waals surface area contributed by atoms with Crippen molar-refractivity contribution in [3.05, 3.63) is 69.4 Å². The Morgan fingerprint density at radius 3 is 2.67 bits per heavy atom. The first-order valence-electron chi connectivity index (χ1n) is 9.19. The second kappa shape index (κ2) is 7.37. The van der Waals surface area contributed by atoms with Gasteiger partial charge in [-0.1, -0.05) is 30.3 Å². The summed E-state index contributed by atoms with van der Waals surface area (Å²) < 4.78 is 7.10. The number of pyridine rings is 1. The maximum absolute atomic E-state index is 11.0. The lowest BCUT2D eigenvalue weighted by Crippen LogP contribution is -2.52. The van der Waals surface area contributed by atoms with Crippen LogP contribution in [0, 0.1) is 3.70 Å². The molecular formula is C22H23IN2O2. The molecular weight excluding hydrogens is 451 g/mol. The number of aromatic nitrogens is 1. The van der Waals surface area contributed by atoms with E-state index in [2.05, 4.69) is 63.2 Å². The third-order valence-electron chi connectivity index (χ3n) is 5.17. The van der Waals surface area contributed by atoms with Crippen molar-refractivity contribution in [3.63, 3.8) is 0 Å². The average Bonchev–Trinajstić information content (AvgIpc) is 2.65. The topological polar surface area (TPSA) is 54.4 Å². The molecule has 2 N–H and O–H groups in total. The molecule has 1 aliphatic heterocycles. The number of nitrogens with one attached hydrogen (secondary N) is 1. The van der Waals surface area contributed by atoms with Crippen LogP contribution >= 0.6 is 22.6 Å². The minimum atomic E-state index is -0.665. The highest BCUT2D eigenvalue weighted by Gasteiger charge is 2.43. The van der Waals surface area contributed by atoms with Gasteiger partial charge in [-0.25, -0.2) is 4.98 Å². The van der Waals surface area contributed by atoms with Crippen LogP contribution in [-0.2, 0) is 6.42 Å². The SMILES string of the molecule is CC1(C)Oc2ccc3nc(I)ccc3c2C(NCCc2ccccc2)C1O. The van der Waals surface area contributed by atoms with Gasteiger partial charge in [-0.3, -0.25) is 0 Å². The molecule has 1 aromatic heterocycles. The molecule has 4 nitrogen and oxygen atoms in total. The van der Waals surface area contributed by atoms with Crippen LogP contribution in [0.5, 0.6) is 5.75 Å². The fourth-order valence-electron chi connectivity index (χ4n) is 3.73. The normalized spacial score (nSPS) is 20.9. The second-order valence-electron chi connectivity index (χ2n) is 7.50. The van der Waals surface area contributed by atoms with E-state index in [9.17, 15) is 5.11 Å². The van der Waals surface area contributed by atoms with Crippen LogP contribution in [0.15, 0.2) is 54.6 Å². The fraction of sp³-hybridized carbons (Fsp3) is 0.318. The van der Waals surface area contributed by atoms with E-state index in [1.165, 1.54) is 5.56 Å². The van der Waals surface area contributed by atoms with E-state index in [-0.39, 0.29) is 6.04 Å². The van der Waals surface area contributed by atoms with Crippen molar-refractivity contribution in [1.82, 2.24) is 10.3 Å². The summed E-state index contributed by atoms with van der Waals surface area (Å²) in [6.45, 7) is 4.64. The number of nitrogens with zero attached hydrogens (tertiary/aromatic N) is 1. The van der Waals surface area contributed by atoms with Crippen LogP contribution in [0.1, 0.15) is 31.0 Å². The van der Waals surface area contributed by atoms with Gasteiger partial charge in [0.2, 0.25) is 0 Å². The summed E-state index contributed by atoms with van der Waals surface area (Å²) in [7, 11) is 0. The lowest BCUT2D eigenvalue weighted by molar-refractivity contribution is -0.0638. The van der Waals surface area contributed by atoms with Crippen molar-refractivity contribution in [1.29, 1.82) is 0 Å². The van der Waals surface area contributed by atoms with Gasteiger partial charge in [0.05, 0.1) is 11.6 Å². The fourth-order valence-corrected chi connectivity index (χ4v) is 4.16. The predicted molar refractivity (Wildman–Crippen MR) is 116 cm³/mol. The Hall–Kier alpha value is -1.70. The molecule has 2 heterocycles. The van der Waals surface area contributed by atoms with E-state index in [4.69, 9.17) is 4.74 Å². The number of ether oxygens (including phenoxy) is 1. The van der Waals surface area contributed by atoms with Gasteiger partial charge >= 0.3 is 0 Å². The summed E-state index contributed by atoms with van der Waals surface area (Å²) in [5.41, 5.74) is 2.53. The van der Waals surface area contributed by atoms with Gasteiger partial charge in [0.1, 0.15) is 21.2 Å². The Morgan fingerprint density at radius 2 is 1.89 bits per heavy atom. The van der Waals surface area contributed by atoms with Crippen molar-refractivity contribution in [2.75, 3.05) is 6.54 Å². The summed E-state index contributed by atoms with van der Waals surface area (Å²) in [4.78, 5) is 4.63. The zero-order valence-electron chi connectivity index (χ0n) is 15.4. The van der Waals surface area contributed by atoms with Crippen LogP contribution in [0.2, 0.25) is 0 Å². The van der Waals surface area contributed by atoms with Gasteiger partial charge in [-0.15, -0.1) is 0 Å². The summed E-state index contributed by atoms with van der Waals surface area (Å²) >= 11 is 2.22. The van der Waals surface area contributed by atoms with E-state index in [0.717, 1.165) is 38.9 Å². The predicted octanol–water partition coefficient (Wildman–Crippen LogP) is 4.24. The Bertz CT molecular complexity index is 959. The molecule has 0 spiro atoms. The van der Waals surface area contributed by atoms with Crippen molar-refractivity contribution < 1.29 is 9.84 Å². The van der Waals surface area contributed by atoms with E-state index < -0.39 is 11.7 Å². The molecule has 27 heavy (non-hydrogen) atoms. The highest BCUT2D eigenvalue weighted by atomic mass is 127. The van der Waals surface area contributed by atoms with Crippen LogP contribution < -0.4 is 10.1 Å². The molecule has 0 aliphatic carbocycles. The van der Waals surface area contributed by atoms with Gasteiger partial charge in [0.15, 0.2) is 0 Å². The maximum atomic E-state index is 11.0. The number of hydrogen-bond acceptors (Lipinski definition) is 4. The van der Waals surface area contributed by atoms with Crippen LogP contribution in [-0.4, -0.2) is 28.3 Å². The second-order valence-corrected chi connectivity index (χ2v) is 8.60. The first-order valence-corrected chi connectivity index (χ1v) is 10.3. The first kappa shape index (κ1) is 18.7. The highest BCUT2D eigenvalue weighted by molar-refractivity contribution is 14.1. The monoisotopic (exact) mass is 474 g/mol. The van der Waals surface area contributed by atoms with Crippen molar-refractivity contribution in [3.8, 4) is 5.75 Å². The van der Waals surface area contributed by atoms with E-state index in [0.29, 0.717) is 0 Å². The van der Waals surface area contributed by atoms with Gasteiger partial charge in [0.25, 0.3) is 0 Å². The molecule has 140 valence electrons. The van der Waals surface area contributed by atoms with Gasteiger partial charge in [-0.05, 0) is 79.2 Å². The number of benzene rings is 2. The Kier molecular flexibility index (Phi) is 5.09. The van der Waals surface area contributed by atoms with Crippen LogP contribution in [0.3, 0.4) is 0 Å². The number of fused-ring (bicyclic) bond motifs is 3. The Morgan fingerprint density at radius 1 is 1.11 bits per heavy atom. The zero-order valence-corrected chi connectivity index (χ0v) is 17.6. The Labute approximate surface area is 173 Å². The third-order valence-corrected chi connectivity index (χ3v) is 5.77. The number of aliphatic hydroxyl groups is 1. The molecule has 0 amide bonds. The molecule has 2 aromatic carbocycles. The molecule has 5 heteroatoms. The molecule has 3 aromatic rings. The molecule has 0 radical (unpaired) electrons.